The second-order valence-electron chi connectivity index (χ2n) is 12.8. The van der Waals surface area contributed by atoms with Crippen molar-refractivity contribution in [2.45, 2.75) is 76.5 Å². The minimum Gasteiger partial charge on any atom is -0.343 e. The summed E-state index contributed by atoms with van der Waals surface area (Å²) in [6, 6.07) is 5.11. The van der Waals surface area contributed by atoms with Crippen molar-refractivity contribution in [2.24, 2.45) is 11.8 Å². The molecule has 1 aliphatic carbocycles. The number of piperazine rings is 1. The zero-order valence-electron chi connectivity index (χ0n) is 25.9. The summed E-state index contributed by atoms with van der Waals surface area (Å²) < 4.78 is 2.07. The number of carbonyl (C=O) groups is 3. The van der Waals surface area contributed by atoms with E-state index in [2.05, 4.69) is 25.3 Å². The van der Waals surface area contributed by atoms with Crippen molar-refractivity contribution >= 4 is 40.5 Å². The number of hydrogen-bond acceptors (Lipinski definition) is 9. The molecule has 2 aliphatic heterocycles. The van der Waals surface area contributed by atoms with Gasteiger partial charge in [-0.25, -0.2) is 15.4 Å². The fourth-order valence-corrected chi connectivity index (χ4v) is 7.02. The standard InChI is InChI=1S/C31H42N10O3/c1-18(2)26(37-32)30(44)40-22-10-11-23(40)17-39(16-22)28(42)19-9-12-25(33-14-19)35-31-34-15-20-13-24(29(43)38(3)4)41(27(20)36-31)21-7-5-6-8-21/h9,12-15,18,21-23,26,37H,5-8,10-11,16-17,32H2,1-4H3,(H,33,34,35,36)/t22?,23?,26-/m1/s1. The molecule has 3 aromatic heterocycles. The zero-order valence-corrected chi connectivity index (χ0v) is 25.9. The predicted octanol–water partition coefficient (Wildman–Crippen LogP) is 2.69. The van der Waals surface area contributed by atoms with Gasteiger partial charge in [-0.15, -0.1) is 0 Å². The van der Waals surface area contributed by atoms with Gasteiger partial charge in [0.05, 0.1) is 5.56 Å². The predicted molar refractivity (Wildman–Crippen MR) is 166 cm³/mol. The first-order chi connectivity index (χ1) is 21.2. The number of aromatic nitrogens is 4. The highest BCUT2D eigenvalue weighted by molar-refractivity contribution is 5.98. The summed E-state index contributed by atoms with van der Waals surface area (Å²) in [5, 5.41) is 3.98. The van der Waals surface area contributed by atoms with Crippen LogP contribution in [0, 0.1) is 5.92 Å². The molecule has 3 amide bonds. The van der Waals surface area contributed by atoms with Crippen LogP contribution < -0.4 is 16.6 Å². The van der Waals surface area contributed by atoms with E-state index in [1.54, 1.807) is 43.5 Å². The number of carbonyl (C=O) groups excluding carboxylic acids is 3. The van der Waals surface area contributed by atoms with Crippen molar-refractivity contribution in [3.05, 3.63) is 41.9 Å². The molecular weight excluding hydrogens is 560 g/mol. The Balaban J connectivity index is 1.16. The van der Waals surface area contributed by atoms with Gasteiger partial charge in [-0.1, -0.05) is 26.7 Å². The lowest BCUT2D eigenvalue weighted by Gasteiger charge is -2.42. The first kappa shape index (κ1) is 29.9. The molecule has 6 rings (SSSR count). The number of amides is 3. The summed E-state index contributed by atoms with van der Waals surface area (Å²) in [4.78, 5) is 58.8. The van der Waals surface area contributed by atoms with Crippen LogP contribution in [0.1, 0.15) is 79.3 Å². The smallest absolute Gasteiger partial charge is 0.270 e. The number of nitrogens with zero attached hydrogens (tertiary/aromatic N) is 7. The summed E-state index contributed by atoms with van der Waals surface area (Å²) in [7, 11) is 3.51. The molecule has 0 aromatic carbocycles. The lowest BCUT2D eigenvalue weighted by atomic mass is 10.0. The van der Waals surface area contributed by atoms with Gasteiger partial charge in [0, 0.05) is 63.1 Å². The molecule has 3 fully saturated rings. The van der Waals surface area contributed by atoms with Crippen LogP contribution in [0.15, 0.2) is 30.6 Å². The van der Waals surface area contributed by atoms with Crippen molar-refractivity contribution in [1.29, 1.82) is 0 Å². The maximum atomic E-state index is 13.4. The average molecular weight is 603 g/mol. The summed E-state index contributed by atoms with van der Waals surface area (Å²) >= 11 is 0. The molecule has 1 saturated carbocycles. The van der Waals surface area contributed by atoms with E-state index in [1.807, 2.05) is 29.7 Å². The fourth-order valence-electron chi connectivity index (χ4n) is 7.02. The number of fused-ring (bicyclic) bond motifs is 3. The SMILES string of the molecule is CC(C)[C@@H](NN)C(=O)N1C2CCC1CN(C(=O)c1ccc(Nc3ncc4cc(C(=O)N(C)C)n(C5CCCC5)c4n3)nc1)C2. The molecule has 13 heteroatoms. The van der Waals surface area contributed by atoms with Gasteiger partial charge in [-0.05, 0) is 49.8 Å². The molecule has 4 N–H and O–H groups in total. The molecule has 13 nitrogen and oxygen atoms in total. The highest BCUT2D eigenvalue weighted by Gasteiger charge is 2.45. The fraction of sp³-hybridized carbons (Fsp3) is 0.548. The first-order valence-electron chi connectivity index (χ1n) is 15.6. The number of nitrogens with one attached hydrogen (secondary N) is 2. The van der Waals surface area contributed by atoms with Crippen LogP contribution in [0.3, 0.4) is 0 Å². The highest BCUT2D eigenvalue weighted by atomic mass is 16.2. The number of pyridine rings is 1. The van der Waals surface area contributed by atoms with Gasteiger partial charge in [0.1, 0.15) is 23.2 Å². The number of rotatable bonds is 8. The number of anilines is 2. The monoisotopic (exact) mass is 602 g/mol. The van der Waals surface area contributed by atoms with Crippen LogP contribution >= 0.6 is 0 Å². The summed E-state index contributed by atoms with van der Waals surface area (Å²) in [5.74, 6) is 6.49. The van der Waals surface area contributed by atoms with Gasteiger partial charge in [0.25, 0.3) is 11.8 Å². The van der Waals surface area contributed by atoms with Gasteiger partial charge >= 0.3 is 0 Å². The highest BCUT2D eigenvalue weighted by Crippen LogP contribution is 2.35. The summed E-state index contributed by atoms with van der Waals surface area (Å²) in [5.41, 5.74) is 4.50. The molecule has 2 unspecified atom stereocenters. The normalized spacial score (nSPS) is 20.9. The summed E-state index contributed by atoms with van der Waals surface area (Å²) in [6.07, 6.45) is 9.31. The topological polar surface area (TPSA) is 155 Å². The Morgan fingerprint density at radius 3 is 2.27 bits per heavy atom. The van der Waals surface area contributed by atoms with E-state index in [0.29, 0.717) is 36.1 Å². The molecular formula is C31H42N10O3. The van der Waals surface area contributed by atoms with E-state index < -0.39 is 6.04 Å². The van der Waals surface area contributed by atoms with Gasteiger partial charge in [0.15, 0.2) is 0 Å². The van der Waals surface area contributed by atoms with Crippen LogP contribution in [-0.2, 0) is 4.79 Å². The van der Waals surface area contributed by atoms with E-state index in [4.69, 9.17) is 10.8 Å². The maximum Gasteiger partial charge on any atom is 0.270 e. The number of likely N-dealkylation sites (tertiary alicyclic amines) is 1. The number of hydrazine groups is 1. The molecule has 0 spiro atoms. The van der Waals surface area contributed by atoms with E-state index in [9.17, 15) is 14.4 Å². The Morgan fingerprint density at radius 1 is 0.977 bits per heavy atom. The molecule has 3 atom stereocenters. The third-order valence-electron chi connectivity index (χ3n) is 9.28. The average Bonchev–Trinajstić information content (AvgIpc) is 3.73. The van der Waals surface area contributed by atoms with Gasteiger partial charge in [-0.3, -0.25) is 20.2 Å². The Labute approximate surface area is 257 Å². The Kier molecular flexibility index (Phi) is 8.25. The minimum atomic E-state index is -0.441. The van der Waals surface area contributed by atoms with E-state index in [1.165, 1.54) is 0 Å². The van der Waals surface area contributed by atoms with Gasteiger partial charge < -0.3 is 24.6 Å². The largest absolute Gasteiger partial charge is 0.343 e. The Morgan fingerprint density at radius 2 is 1.68 bits per heavy atom. The quantitative estimate of drug-likeness (QED) is 0.261. The van der Waals surface area contributed by atoms with Gasteiger partial charge in [-0.2, -0.15) is 4.98 Å². The van der Waals surface area contributed by atoms with E-state index >= 15 is 0 Å². The van der Waals surface area contributed by atoms with Crippen LogP contribution in [0.25, 0.3) is 11.0 Å². The molecule has 44 heavy (non-hydrogen) atoms. The third kappa shape index (κ3) is 5.50. The van der Waals surface area contributed by atoms with Crippen molar-refractivity contribution in [3.63, 3.8) is 0 Å². The second-order valence-corrected chi connectivity index (χ2v) is 12.8. The third-order valence-corrected chi connectivity index (χ3v) is 9.28. The van der Waals surface area contributed by atoms with Gasteiger partial charge in [0.2, 0.25) is 11.9 Å². The lowest BCUT2D eigenvalue weighted by Crippen LogP contribution is -2.62. The van der Waals surface area contributed by atoms with E-state index in [-0.39, 0.29) is 41.8 Å². The Hall–Kier alpha value is -4.10. The van der Waals surface area contributed by atoms with E-state index in [0.717, 1.165) is 49.6 Å². The number of nitrogens with two attached hydrogens (primary N) is 1. The zero-order chi connectivity index (χ0) is 31.1. The second kappa shape index (κ2) is 12.1. The van der Waals surface area contributed by atoms with Crippen molar-refractivity contribution < 1.29 is 14.4 Å². The molecule has 2 saturated heterocycles. The minimum absolute atomic E-state index is 0.00985. The molecule has 3 aliphatic rings. The Bertz CT molecular complexity index is 1530. The van der Waals surface area contributed by atoms with Crippen LogP contribution in [0.4, 0.5) is 11.8 Å². The van der Waals surface area contributed by atoms with Crippen molar-refractivity contribution in [2.75, 3.05) is 32.5 Å². The van der Waals surface area contributed by atoms with Crippen molar-refractivity contribution in [1.82, 2.24) is 39.6 Å². The summed E-state index contributed by atoms with van der Waals surface area (Å²) in [6.45, 7) is 4.92. The first-order valence-corrected chi connectivity index (χ1v) is 15.6. The molecule has 5 heterocycles. The lowest BCUT2D eigenvalue weighted by molar-refractivity contribution is -0.140. The van der Waals surface area contributed by atoms with Crippen LogP contribution in [-0.4, -0.2) is 97.3 Å². The van der Waals surface area contributed by atoms with Crippen molar-refractivity contribution in [3.8, 4) is 0 Å². The van der Waals surface area contributed by atoms with Crippen LogP contribution in [0.5, 0.6) is 0 Å². The number of hydrogen-bond donors (Lipinski definition) is 3. The molecule has 234 valence electrons. The molecule has 0 radical (unpaired) electrons. The maximum absolute atomic E-state index is 13.4. The van der Waals surface area contributed by atoms with Crippen LogP contribution in [0.2, 0.25) is 0 Å². The molecule has 3 aromatic rings. The molecule has 2 bridgehead atoms.